The molecule has 1 atom stereocenters. The van der Waals surface area contributed by atoms with Gasteiger partial charge < -0.3 is 14.6 Å². The number of aliphatic hydroxyl groups is 1. The summed E-state index contributed by atoms with van der Waals surface area (Å²) in [6, 6.07) is 0. The number of carbonyl (C=O) groups excluding carboxylic acids is 2. The van der Waals surface area contributed by atoms with Gasteiger partial charge in [-0.15, -0.1) is 0 Å². The summed E-state index contributed by atoms with van der Waals surface area (Å²) in [5.41, 5.74) is 0. The van der Waals surface area contributed by atoms with Crippen LogP contribution < -0.4 is 0 Å². The molecular formula is C23H44O5. The topological polar surface area (TPSA) is 72.8 Å². The van der Waals surface area contributed by atoms with Crippen LogP contribution >= 0.6 is 0 Å². The molecule has 0 saturated heterocycles. The van der Waals surface area contributed by atoms with Gasteiger partial charge in [0.15, 0.2) is 6.10 Å². The average molecular weight is 401 g/mol. The molecule has 0 fully saturated rings. The van der Waals surface area contributed by atoms with Gasteiger partial charge in [0.1, 0.15) is 6.61 Å². The predicted octanol–water partition coefficient (Wildman–Crippen LogP) is 5.72. The second kappa shape index (κ2) is 20.6. The van der Waals surface area contributed by atoms with Crippen molar-refractivity contribution in [2.24, 2.45) is 0 Å². The number of carbonyl (C=O) groups is 2. The van der Waals surface area contributed by atoms with E-state index in [0.717, 1.165) is 19.3 Å². The summed E-state index contributed by atoms with van der Waals surface area (Å²) in [5, 5.41) is 9.19. The lowest BCUT2D eigenvalue weighted by Gasteiger charge is -2.15. The van der Waals surface area contributed by atoms with E-state index in [2.05, 4.69) is 6.92 Å². The molecule has 0 aromatic rings. The van der Waals surface area contributed by atoms with Gasteiger partial charge >= 0.3 is 11.9 Å². The normalized spacial score (nSPS) is 12.0. The largest absolute Gasteiger partial charge is 0.462 e. The fraction of sp³-hybridized carbons (Fsp3) is 0.913. The molecular weight excluding hydrogens is 356 g/mol. The van der Waals surface area contributed by atoms with E-state index in [1.165, 1.54) is 64.2 Å². The Balaban J connectivity index is 3.44. The first-order valence-corrected chi connectivity index (χ1v) is 11.6. The predicted molar refractivity (Wildman–Crippen MR) is 113 cm³/mol. The van der Waals surface area contributed by atoms with Crippen LogP contribution in [0.15, 0.2) is 0 Å². The van der Waals surface area contributed by atoms with Crippen LogP contribution in [0.1, 0.15) is 117 Å². The van der Waals surface area contributed by atoms with Gasteiger partial charge in [0, 0.05) is 12.8 Å². The molecule has 0 aromatic carbocycles. The third kappa shape index (κ3) is 18.3. The number of rotatable bonds is 20. The Morgan fingerprint density at radius 3 is 1.64 bits per heavy atom. The van der Waals surface area contributed by atoms with E-state index in [1.54, 1.807) is 0 Å². The van der Waals surface area contributed by atoms with E-state index in [0.29, 0.717) is 19.3 Å². The van der Waals surface area contributed by atoms with Crippen molar-refractivity contribution in [1.82, 2.24) is 0 Å². The molecule has 0 radical (unpaired) electrons. The molecule has 0 spiro atoms. The molecule has 0 amide bonds. The van der Waals surface area contributed by atoms with E-state index >= 15 is 0 Å². The van der Waals surface area contributed by atoms with Gasteiger partial charge in [-0.2, -0.15) is 0 Å². The summed E-state index contributed by atoms with van der Waals surface area (Å²) in [7, 11) is 0. The van der Waals surface area contributed by atoms with Crippen LogP contribution in [0, 0.1) is 0 Å². The number of hydrogen-bond acceptors (Lipinski definition) is 5. The molecule has 5 nitrogen and oxygen atoms in total. The van der Waals surface area contributed by atoms with Crippen LogP contribution in [-0.4, -0.2) is 36.4 Å². The van der Waals surface area contributed by atoms with Gasteiger partial charge in [0.2, 0.25) is 0 Å². The third-order valence-corrected chi connectivity index (χ3v) is 4.87. The maximum Gasteiger partial charge on any atom is 0.306 e. The Labute approximate surface area is 172 Å². The fourth-order valence-electron chi connectivity index (χ4n) is 3.12. The zero-order valence-electron chi connectivity index (χ0n) is 18.4. The van der Waals surface area contributed by atoms with Crippen LogP contribution in [-0.2, 0) is 19.1 Å². The van der Waals surface area contributed by atoms with Crippen molar-refractivity contribution >= 4 is 11.9 Å². The van der Waals surface area contributed by atoms with Crippen molar-refractivity contribution in [3.05, 3.63) is 0 Å². The summed E-state index contributed by atoms with van der Waals surface area (Å²) >= 11 is 0. The van der Waals surface area contributed by atoms with Crippen molar-refractivity contribution in [3.8, 4) is 0 Å². The summed E-state index contributed by atoms with van der Waals surface area (Å²) in [6.07, 6.45) is 17.1. The average Bonchev–Trinajstić information content (AvgIpc) is 2.68. The maximum atomic E-state index is 11.7. The van der Waals surface area contributed by atoms with E-state index in [9.17, 15) is 14.7 Å². The summed E-state index contributed by atoms with van der Waals surface area (Å²) in [5.74, 6) is -0.651. The lowest BCUT2D eigenvalue weighted by Crippen LogP contribution is -2.28. The van der Waals surface area contributed by atoms with Gasteiger partial charge in [-0.3, -0.25) is 9.59 Å². The van der Waals surface area contributed by atoms with Crippen molar-refractivity contribution in [2.75, 3.05) is 13.2 Å². The highest BCUT2D eigenvalue weighted by molar-refractivity contribution is 5.70. The van der Waals surface area contributed by atoms with Gasteiger partial charge in [0.05, 0.1) is 6.61 Å². The number of unbranched alkanes of at least 4 members (excludes halogenated alkanes) is 12. The van der Waals surface area contributed by atoms with Crippen LogP contribution in [0.25, 0.3) is 0 Å². The Morgan fingerprint density at radius 2 is 1.18 bits per heavy atom. The second-order valence-electron chi connectivity index (χ2n) is 7.72. The molecule has 166 valence electrons. The Morgan fingerprint density at radius 1 is 0.679 bits per heavy atom. The highest BCUT2D eigenvalue weighted by Crippen LogP contribution is 2.13. The fourth-order valence-corrected chi connectivity index (χ4v) is 3.12. The molecule has 28 heavy (non-hydrogen) atoms. The molecule has 0 aliphatic heterocycles. The Hall–Kier alpha value is -1.10. The molecule has 5 heteroatoms. The van der Waals surface area contributed by atoms with Gasteiger partial charge in [-0.05, 0) is 12.8 Å². The number of ether oxygens (including phenoxy) is 2. The minimum atomic E-state index is -0.755. The van der Waals surface area contributed by atoms with E-state index in [1.807, 2.05) is 6.92 Å². The zero-order valence-corrected chi connectivity index (χ0v) is 18.4. The molecule has 0 aromatic heterocycles. The SMILES string of the molecule is CCCCCCCCCCCCCCCC(=O)OCC(CO)OC(=O)CCC. The quantitative estimate of drug-likeness (QED) is 0.209. The third-order valence-electron chi connectivity index (χ3n) is 4.87. The molecule has 0 aliphatic carbocycles. The van der Waals surface area contributed by atoms with Crippen LogP contribution in [0.3, 0.4) is 0 Å². The highest BCUT2D eigenvalue weighted by atomic mass is 16.6. The van der Waals surface area contributed by atoms with E-state index in [-0.39, 0.29) is 25.2 Å². The second-order valence-corrected chi connectivity index (χ2v) is 7.72. The van der Waals surface area contributed by atoms with E-state index < -0.39 is 6.10 Å². The molecule has 0 heterocycles. The molecule has 1 N–H and O–H groups in total. The summed E-state index contributed by atoms with van der Waals surface area (Å²) < 4.78 is 10.2. The van der Waals surface area contributed by atoms with E-state index in [4.69, 9.17) is 9.47 Å². The first-order valence-electron chi connectivity index (χ1n) is 11.6. The molecule has 0 saturated carbocycles. The lowest BCUT2D eigenvalue weighted by molar-refractivity contribution is -0.161. The molecule has 0 aliphatic rings. The smallest absolute Gasteiger partial charge is 0.306 e. The monoisotopic (exact) mass is 400 g/mol. The van der Waals surface area contributed by atoms with Crippen LogP contribution in [0.4, 0.5) is 0 Å². The highest BCUT2D eigenvalue weighted by Gasteiger charge is 2.15. The summed E-state index contributed by atoms with van der Waals surface area (Å²) in [6.45, 7) is 3.73. The zero-order chi connectivity index (χ0) is 20.9. The standard InChI is InChI=1S/C23H44O5/c1-3-5-6-7-8-9-10-11-12-13-14-15-16-18-22(25)27-20-21(19-24)28-23(26)17-4-2/h21,24H,3-20H2,1-2H3. The Bertz CT molecular complexity index is 370. The number of esters is 2. The van der Waals surface area contributed by atoms with Gasteiger partial charge in [-0.1, -0.05) is 90.9 Å². The number of aliphatic hydroxyl groups excluding tert-OH is 1. The van der Waals surface area contributed by atoms with Gasteiger partial charge in [0.25, 0.3) is 0 Å². The molecule has 0 rings (SSSR count). The molecule has 0 bridgehead atoms. The summed E-state index contributed by atoms with van der Waals surface area (Å²) in [4.78, 5) is 23.1. The van der Waals surface area contributed by atoms with Crippen molar-refractivity contribution in [1.29, 1.82) is 0 Å². The minimum absolute atomic E-state index is 0.0662. The maximum absolute atomic E-state index is 11.7. The number of hydrogen-bond donors (Lipinski definition) is 1. The van der Waals surface area contributed by atoms with Crippen molar-refractivity contribution < 1.29 is 24.2 Å². The van der Waals surface area contributed by atoms with Crippen molar-refractivity contribution in [2.45, 2.75) is 123 Å². The molecule has 1 unspecified atom stereocenters. The first kappa shape index (κ1) is 26.9. The minimum Gasteiger partial charge on any atom is -0.462 e. The van der Waals surface area contributed by atoms with Crippen LogP contribution in [0.5, 0.6) is 0 Å². The van der Waals surface area contributed by atoms with Crippen LogP contribution in [0.2, 0.25) is 0 Å². The lowest BCUT2D eigenvalue weighted by atomic mass is 10.0. The van der Waals surface area contributed by atoms with Gasteiger partial charge in [-0.25, -0.2) is 0 Å². The Kier molecular flexibility index (Phi) is 19.8. The first-order chi connectivity index (χ1) is 13.6. The van der Waals surface area contributed by atoms with Crippen molar-refractivity contribution in [3.63, 3.8) is 0 Å².